The van der Waals surface area contributed by atoms with E-state index in [4.69, 9.17) is 10.0 Å². The van der Waals surface area contributed by atoms with Gasteiger partial charge in [-0.2, -0.15) is 13.2 Å². The van der Waals surface area contributed by atoms with Gasteiger partial charge in [-0.25, -0.2) is 4.79 Å². The first kappa shape index (κ1) is 20.9. The molecule has 6 nitrogen and oxygen atoms in total. The molecule has 0 heterocycles. The predicted octanol–water partition coefficient (Wildman–Crippen LogP) is 4.00. The molecular formula is C19H17F3N2O4. The van der Waals surface area contributed by atoms with Crippen molar-refractivity contribution in [3.8, 4) is 0 Å². The van der Waals surface area contributed by atoms with E-state index in [-0.39, 0.29) is 29.2 Å². The Kier molecular flexibility index (Phi) is 6.75. The maximum atomic E-state index is 12.8. The van der Waals surface area contributed by atoms with Crippen molar-refractivity contribution in [2.75, 3.05) is 7.11 Å². The lowest BCUT2D eigenvalue weighted by molar-refractivity contribution is -0.137. The summed E-state index contributed by atoms with van der Waals surface area (Å²) in [6, 6.07) is 11.2. The van der Waals surface area contributed by atoms with Crippen LogP contribution in [0.25, 0.3) is 0 Å². The number of halogens is 3. The summed E-state index contributed by atoms with van der Waals surface area (Å²) >= 11 is 0. The third-order valence-corrected chi connectivity index (χ3v) is 3.78. The van der Waals surface area contributed by atoms with Crippen molar-refractivity contribution in [3.05, 3.63) is 70.8 Å². The standard InChI is InChI=1S/C19H17F3N2O4/c1-12(13-7-5-8-15(10-13)19(20,21)22)24-28-11-14-6-3-4-9-16(14)17(23-26)18(25)27-2/h3-10,26H,11H2,1-2H3/b23-17+,24-12+. The molecular weight excluding hydrogens is 377 g/mol. The number of carbonyl (C=O) groups is 1. The van der Waals surface area contributed by atoms with E-state index in [0.717, 1.165) is 19.2 Å². The highest BCUT2D eigenvalue weighted by Gasteiger charge is 2.30. The van der Waals surface area contributed by atoms with Crippen LogP contribution < -0.4 is 0 Å². The molecule has 0 radical (unpaired) electrons. The Morgan fingerprint density at radius 2 is 1.86 bits per heavy atom. The average molecular weight is 394 g/mol. The quantitative estimate of drug-likeness (QED) is 0.348. The van der Waals surface area contributed by atoms with Crippen molar-refractivity contribution in [1.82, 2.24) is 0 Å². The molecule has 0 amide bonds. The number of carbonyl (C=O) groups excluding carboxylic acids is 1. The highest BCUT2D eigenvalue weighted by Crippen LogP contribution is 2.29. The zero-order valence-corrected chi connectivity index (χ0v) is 15.0. The van der Waals surface area contributed by atoms with E-state index in [2.05, 4.69) is 15.0 Å². The van der Waals surface area contributed by atoms with Crippen LogP contribution in [0, 0.1) is 0 Å². The average Bonchev–Trinajstić information content (AvgIpc) is 2.68. The van der Waals surface area contributed by atoms with E-state index >= 15 is 0 Å². The first-order chi connectivity index (χ1) is 13.3. The number of esters is 1. The molecule has 2 aromatic carbocycles. The minimum Gasteiger partial charge on any atom is -0.464 e. The number of benzene rings is 2. The van der Waals surface area contributed by atoms with Gasteiger partial charge in [-0.15, -0.1) is 0 Å². The Hall–Kier alpha value is -3.36. The van der Waals surface area contributed by atoms with Crippen molar-refractivity contribution in [2.45, 2.75) is 19.7 Å². The summed E-state index contributed by atoms with van der Waals surface area (Å²) in [7, 11) is 1.15. The van der Waals surface area contributed by atoms with Crippen LogP contribution >= 0.6 is 0 Å². The van der Waals surface area contributed by atoms with Crippen LogP contribution in [0.1, 0.15) is 29.2 Å². The summed E-state index contributed by atoms with van der Waals surface area (Å²) in [5, 5.41) is 15.9. The first-order valence-corrected chi connectivity index (χ1v) is 8.00. The SMILES string of the molecule is COC(=O)/C(=N/O)c1ccccc1CO/N=C(\C)c1cccc(C(F)(F)F)c1. The molecule has 0 unspecified atom stereocenters. The second-order valence-corrected chi connectivity index (χ2v) is 5.63. The second-order valence-electron chi connectivity index (χ2n) is 5.63. The summed E-state index contributed by atoms with van der Waals surface area (Å²) in [6.07, 6.45) is -4.45. The molecule has 0 aliphatic heterocycles. The molecule has 2 rings (SSSR count). The number of alkyl halides is 3. The maximum Gasteiger partial charge on any atom is 0.416 e. The van der Waals surface area contributed by atoms with Crippen LogP contribution in [-0.4, -0.2) is 29.7 Å². The number of oxime groups is 2. The van der Waals surface area contributed by atoms with Crippen molar-refractivity contribution < 1.29 is 32.7 Å². The van der Waals surface area contributed by atoms with Crippen LogP contribution in [0.5, 0.6) is 0 Å². The number of rotatable bonds is 6. The Bertz CT molecular complexity index is 908. The molecule has 0 aliphatic rings. The molecule has 1 N–H and O–H groups in total. The van der Waals surface area contributed by atoms with Gasteiger partial charge in [-0.3, -0.25) is 0 Å². The number of hydrogen-bond donors (Lipinski definition) is 1. The number of nitrogens with zero attached hydrogens (tertiary/aromatic N) is 2. The van der Waals surface area contributed by atoms with Crippen molar-refractivity contribution >= 4 is 17.4 Å². The summed E-state index contributed by atoms with van der Waals surface area (Å²) in [5.41, 5.74) is 0.167. The Labute approximate surface area is 158 Å². The van der Waals surface area contributed by atoms with Crippen LogP contribution in [0.4, 0.5) is 13.2 Å². The molecule has 2 aromatic rings. The molecule has 0 aromatic heterocycles. The lowest BCUT2D eigenvalue weighted by atomic mass is 10.0. The highest BCUT2D eigenvalue weighted by atomic mass is 19.4. The van der Waals surface area contributed by atoms with Gasteiger partial charge in [0, 0.05) is 11.1 Å². The van der Waals surface area contributed by atoms with E-state index in [0.29, 0.717) is 5.56 Å². The third kappa shape index (κ3) is 5.09. The fraction of sp³-hybridized carbons (Fsp3) is 0.211. The molecule has 0 aliphatic carbocycles. The zero-order chi connectivity index (χ0) is 20.7. The van der Waals surface area contributed by atoms with E-state index in [1.54, 1.807) is 18.2 Å². The van der Waals surface area contributed by atoms with Crippen LogP contribution in [0.3, 0.4) is 0 Å². The summed E-state index contributed by atoms with van der Waals surface area (Å²) in [4.78, 5) is 16.9. The number of hydrogen-bond acceptors (Lipinski definition) is 6. The summed E-state index contributed by atoms with van der Waals surface area (Å²) < 4.78 is 43.0. The largest absolute Gasteiger partial charge is 0.464 e. The van der Waals surface area contributed by atoms with Gasteiger partial charge in [-0.1, -0.05) is 46.7 Å². The topological polar surface area (TPSA) is 80.5 Å². The molecule has 9 heteroatoms. The molecule has 28 heavy (non-hydrogen) atoms. The van der Waals surface area contributed by atoms with Crippen LogP contribution in [-0.2, 0) is 27.2 Å². The highest BCUT2D eigenvalue weighted by molar-refractivity contribution is 6.43. The van der Waals surface area contributed by atoms with Gasteiger partial charge in [0.25, 0.3) is 0 Å². The molecule has 0 fully saturated rings. The fourth-order valence-electron chi connectivity index (χ4n) is 2.35. The first-order valence-electron chi connectivity index (χ1n) is 8.00. The van der Waals surface area contributed by atoms with Crippen molar-refractivity contribution in [1.29, 1.82) is 0 Å². The monoisotopic (exact) mass is 394 g/mol. The normalized spacial score (nSPS) is 12.6. The van der Waals surface area contributed by atoms with Crippen molar-refractivity contribution in [3.63, 3.8) is 0 Å². The summed E-state index contributed by atoms with van der Waals surface area (Å²) in [6.45, 7) is 1.40. The predicted molar refractivity (Wildman–Crippen MR) is 95.2 cm³/mol. The third-order valence-electron chi connectivity index (χ3n) is 3.78. The van der Waals surface area contributed by atoms with E-state index in [1.165, 1.54) is 25.1 Å². The van der Waals surface area contributed by atoms with Gasteiger partial charge in [0.1, 0.15) is 6.61 Å². The Balaban J connectivity index is 2.18. The molecule has 0 bridgehead atoms. The maximum absolute atomic E-state index is 12.8. The molecule has 0 saturated heterocycles. The molecule has 148 valence electrons. The van der Waals surface area contributed by atoms with Gasteiger partial charge in [0.2, 0.25) is 0 Å². The molecule has 0 saturated carbocycles. The van der Waals surface area contributed by atoms with Crippen LogP contribution in [0.2, 0.25) is 0 Å². The summed E-state index contributed by atoms with van der Waals surface area (Å²) in [5.74, 6) is -0.835. The smallest absolute Gasteiger partial charge is 0.416 e. The van der Waals surface area contributed by atoms with E-state index in [9.17, 15) is 18.0 Å². The van der Waals surface area contributed by atoms with Gasteiger partial charge in [0.15, 0.2) is 5.71 Å². The van der Waals surface area contributed by atoms with Gasteiger partial charge in [0.05, 0.1) is 18.4 Å². The van der Waals surface area contributed by atoms with Crippen molar-refractivity contribution in [2.24, 2.45) is 10.3 Å². The van der Waals surface area contributed by atoms with Crippen LogP contribution in [0.15, 0.2) is 58.8 Å². The zero-order valence-electron chi connectivity index (χ0n) is 15.0. The molecule has 0 spiro atoms. The Morgan fingerprint density at radius 1 is 1.14 bits per heavy atom. The lowest BCUT2D eigenvalue weighted by Crippen LogP contribution is -2.19. The Morgan fingerprint density at radius 3 is 2.50 bits per heavy atom. The van der Waals surface area contributed by atoms with E-state index < -0.39 is 17.7 Å². The van der Waals surface area contributed by atoms with Gasteiger partial charge >= 0.3 is 12.1 Å². The number of methoxy groups -OCH3 is 1. The molecule has 0 atom stereocenters. The fourth-order valence-corrected chi connectivity index (χ4v) is 2.35. The lowest BCUT2D eigenvalue weighted by Gasteiger charge is -2.10. The minimum atomic E-state index is -4.45. The van der Waals surface area contributed by atoms with Gasteiger partial charge < -0.3 is 14.8 Å². The minimum absolute atomic E-state index is 0.109. The second kappa shape index (κ2) is 9.03. The van der Waals surface area contributed by atoms with E-state index in [1.807, 2.05) is 0 Å². The number of ether oxygens (including phenoxy) is 1. The van der Waals surface area contributed by atoms with Gasteiger partial charge in [-0.05, 0) is 24.6 Å².